The zero-order valence-electron chi connectivity index (χ0n) is 55.7. The molecule has 28 heteroatoms. The minimum Gasteiger partial charge on any atom is -0.506 e. The topological polar surface area (TPSA) is 328 Å². The first-order valence-corrected chi connectivity index (χ1v) is 33.5. The maximum Gasteiger partial charge on any atom is 0.302 e. The lowest BCUT2D eigenvalue weighted by atomic mass is 10.0. The highest BCUT2D eigenvalue weighted by atomic mass is 35.5. The first-order chi connectivity index (χ1) is 49.1. The Bertz CT molecular complexity index is 4740. The molecule has 8 N–H and O–H groups in total. The summed E-state index contributed by atoms with van der Waals surface area (Å²) in [5, 5.41) is 41.0. The number of nitrogens with two attached hydrogens (primary N) is 2. The number of phenols is 2. The van der Waals surface area contributed by atoms with E-state index >= 15 is 0 Å². The molecule has 13 rings (SSSR count). The monoisotopic (exact) mass is 1460 g/mol. The van der Waals surface area contributed by atoms with E-state index < -0.39 is 5.78 Å². The number of pyridine rings is 1. The third-order valence-corrected chi connectivity index (χ3v) is 16.3. The summed E-state index contributed by atoms with van der Waals surface area (Å²) in [6, 6.07) is 50.4. The van der Waals surface area contributed by atoms with E-state index in [2.05, 4.69) is 62.7 Å². The minimum atomic E-state index is -0.509. The zero-order valence-corrected chi connectivity index (χ0v) is 58.9. The van der Waals surface area contributed by atoms with Crippen molar-refractivity contribution in [3.05, 3.63) is 231 Å². The van der Waals surface area contributed by atoms with Gasteiger partial charge in [-0.05, 0) is 153 Å². The van der Waals surface area contributed by atoms with Gasteiger partial charge in [-0.15, -0.1) is 28.8 Å². The van der Waals surface area contributed by atoms with Crippen LogP contribution >= 0.6 is 46.9 Å². The lowest BCUT2D eigenvalue weighted by Crippen LogP contribution is -2.36. The smallest absolute Gasteiger partial charge is 0.302 e. The van der Waals surface area contributed by atoms with Crippen molar-refractivity contribution in [2.24, 2.45) is 21.7 Å². The molecule has 0 unspecified atom stereocenters. The highest BCUT2D eigenvalue weighted by Crippen LogP contribution is 2.41. The number of ether oxygens (including phenoxy) is 5. The number of aromatic hydroxyl groups is 2. The van der Waals surface area contributed by atoms with Gasteiger partial charge in [-0.3, -0.25) is 19.9 Å². The van der Waals surface area contributed by atoms with Crippen molar-refractivity contribution < 1.29 is 52.4 Å². The van der Waals surface area contributed by atoms with Crippen LogP contribution in [0, 0.1) is 6.92 Å². The van der Waals surface area contributed by atoms with E-state index in [9.17, 15) is 19.8 Å². The molecule has 102 heavy (non-hydrogen) atoms. The highest BCUT2D eigenvalue weighted by Gasteiger charge is 2.27. The number of ketones is 1. The molecule has 12 aromatic rings. The molecule has 6 heterocycles. The Hall–Kier alpha value is -11.4. The summed E-state index contributed by atoms with van der Waals surface area (Å²) in [5.41, 5.74) is 17.6. The van der Waals surface area contributed by atoms with E-state index in [1.165, 1.54) is 35.9 Å². The average molecular weight is 1460 g/mol. The second kappa shape index (κ2) is 37.2. The molecule has 24 nitrogen and oxygen atoms in total. The molecule has 0 aliphatic carbocycles. The summed E-state index contributed by atoms with van der Waals surface area (Å²) >= 11 is 13.2. The Morgan fingerprint density at radius 3 is 2.23 bits per heavy atom. The van der Waals surface area contributed by atoms with Crippen LogP contribution in [0.1, 0.15) is 82.1 Å². The molecule has 7 aromatic carbocycles. The standard InChI is InChI=1S/C21H17N3O3S.C21H22N2O3.C18H10Cl2N4O3.C14H22N4O2.ClH/c1-14-5-2-3-6-17(14)26-13-19-23-20(24-27-19)15-8-10-16(11-9-15)22-21(25)18-7-4-12-28-18;1-25-18-7-5-16(6-8-18)23(17-10-13-26-14-11-17)19-9-4-15-3-2-12-22-20(15)21(19)24;19-10-5-11(16(26)12(20)6-10)15(25)9-7-21-17(22-8-9)24-18-23-13-3-1-2-4-14(13)27-18;1-3-7-19-12-6-5-11(10-17-18-14(15)16)13(9-12)20-8-4-2;/h2-12H,13H2,1H3,(H,22,25);2-9,12,17,24H,10-11,13-14H2,1H3;1-8,26H,(H,21,22,23,24);5-6,9-10H,3-4,7-8H2,1-2H3,(H4,15,16,18);1H/b;;;17-10+;. The number of hydrogen-bond acceptors (Lipinski definition) is 22. The van der Waals surface area contributed by atoms with Gasteiger partial charge in [-0.25, -0.2) is 9.97 Å². The van der Waals surface area contributed by atoms with Crippen molar-refractivity contribution in [1.29, 1.82) is 0 Å². The van der Waals surface area contributed by atoms with E-state index in [4.69, 9.17) is 67.3 Å². The number of aryl methyl sites for hydroxylation is 1. The Kier molecular flexibility index (Phi) is 27.3. The van der Waals surface area contributed by atoms with Crippen molar-refractivity contribution in [2.75, 3.05) is 49.1 Å². The second-order valence-corrected chi connectivity index (χ2v) is 24.0. The molecule has 1 fully saturated rings. The second-order valence-electron chi connectivity index (χ2n) is 22.2. The number of aromatic nitrogens is 6. The number of phenolic OH excluding ortho intramolecular Hbond substituents is 2. The largest absolute Gasteiger partial charge is 0.506 e. The molecular weight excluding hydrogens is 1390 g/mol. The number of oxazole rings is 1. The Labute approximate surface area is 607 Å². The van der Waals surface area contributed by atoms with Crippen LogP contribution in [0.15, 0.2) is 207 Å². The number of thiophene rings is 1. The van der Waals surface area contributed by atoms with Crippen LogP contribution < -0.4 is 45.9 Å². The summed E-state index contributed by atoms with van der Waals surface area (Å²) in [6.07, 6.45) is 9.58. The third kappa shape index (κ3) is 20.4. The number of benzene rings is 7. The van der Waals surface area contributed by atoms with Crippen molar-refractivity contribution in [1.82, 2.24) is 30.1 Å². The van der Waals surface area contributed by atoms with Gasteiger partial charge >= 0.3 is 6.01 Å². The molecule has 0 radical (unpaired) electrons. The summed E-state index contributed by atoms with van der Waals surface area (Å²) in [5.74, 6) is 3.29. The highest BCUT2D eigenvalue weighted by molar-refractivity contribution is 7.12. The van der Waals surface area contributed by atoms with Gasteiger partial charge in [0.05, 0.1) is 53.3 Å². The first kappa shape index (κ1) is 74.9. The van der Waals surface area contributed by atoms with Gasteiger partial charge in [-0.1, -0.05) is 90.7 Å². The van der Waals surface area contributed by atoms with Gasteiger partial charge in [0.15, 0.2) is 23.7 Å². The van der Waals surface area contributed by atoms with Gasteiger partial charge in [-0.2, -0.15) is 15.1 Å². The number of carbonyl (C=O) groups is 2. The number of nitrogens with zero attached hydrogens (tertiary/aromatic N) is 9. The van der Waals surface area contributed by atoms with Crippen LogP contribution in [-0.4, -0.2) is 104 Å². The number of nitrogens with one attached hydrogen (secondary N) is 2. The van der Waals surface area contributed by atoms with Gasteiger partial charge in [0.1, 0.15) is 39.8 Å². The van der Waals surface area contributed by atoms with Crippen LogP contribution in [0.25, 0.3) is 33.4 Å². The number of amides is 1. The minimum absolute atomic E-state index is 0. The molecule has 5 aromatic heterocycles. The fourth-order valence-corrected chi connectivity index (χ4v) is 11.1. The molecule has 1 aliphatic heterocycles. The summed E-state index contributed by atoms with van der Waals surface area (Å²) in [6.45, 7) is 9.04. The molecule has 1 saturated heterocycles. The van der Waals surface area contributed by atoms with Crippen molar-refractivity contribution >= 4 is 122 Å². The number of guanidine groups is 1. The van der Waals surface area contributed by atoms with Crippen LogP contribution in [0.2, 0.25) is 10.0 Å². The zero-order chi connectivity index (χ0) is 71.0. The van der Waals surface area contributed by atoms with Gasteiger partial charge in [0, 0.05) is 76.8 Å². The van der Waals surface area contributed by atoms with E-state index in [1.54, 1.807) is 43.8 Å². The number of hydrogen-bond donors (Lipinski definition) is 6. The van der Waals surface area contributed by atoms with Crippen molar-refractivity contribution in [3.63, 3.8) is 0 Å². The average Bonchev–Trinajstić information content (AvgIpc) is 0.917. The Balaban J connectivity index is 0.000000159. The number of rotatable bonds is 22. The normalized spacial score (nSPS) is 11.7. The number of methoxy groups -OCH3 is 1. The van der Waals surface area contributed by atoms with E-state index in [1.807, 2.05) is 147 Å². The summed E-state index contributed by atoms with van der Waals surface area (Å²) in [4.78, 5) is 48.7. The molecule has 0 saturated carbocycles. The molecule has 0 atom stereocenters. The quantitative estimate of drug-likeness (QED) is 0.0159. The lowest BCUT2D eigenvalue weighted by Gasteiger charge is -2.36. The van der Waals surface area contributed by atoms with E-state index in [0.29, 0.717) is 57.9 Å². The number of fused-ring (bicyclic) bond motifs is 2. The fraction of sp³-hybridized carbons (Fsp3) is 0.189. The van der Waals surface area contributed by atoms with Crippen LogP contribution in [0.3, 0.4) is 0 Å². The van der Waals surface area contributed by atoms with Crippen LogP contribution in [-0.2, 0) is 11.3 Å². The lowest BCUT2D eigenvalue weighted by molar-refractivity contribution is 0.0864. The summed E-state index contributed by atoms with van der Waals surface area (Å²) in [7, 11) is 1.66. The Morgan fingerprint density at radius 2 is 1.51 bits per heavy atom. The molecule has 1 amide bonds. The number of para-hydroxylation sites is 3. The molecule has 0 bridgehead atoms. The number of halogens is 3. The number of carbonyl (C=O) groups excluding carboxylic acids is 2. The van der Waals surface area contributed by atoms with Gasteiger partial charge in [0.25, 0.3) is 11.8 Å². The first-order valence-electron chi connectivity index (χ1n) is 31.9. The van der Waals surface area contributed by atoms with Crippen molar-refractivity contribution in [3.8, 4) is 45.9 Å². The summed E-state index contributed by atoms with van der Waals surface area (Å²) < 4.78 is 38.6. The van der Waals surface area contributed by atoms with E-state index in [0.717, 1.165) is 89.6 Å². The SMILES string of the molecule is CCCOc1ccc(/C=N/N=C(N)N)c(OCCC)c1.COc1ccc(N(c2ccc3cccnc3c2O)C2CCOCC2)cc1.Cc1ccccc1OCc1nc(-c2ccc(NC(=O)c3cccs3)cc2)no1.Cl.O=C(c1cnc(Nc2nc3ccccc3o2)nc1)c1cc(Cl)cc(Cl)c1O. The predicted molar refractivity (Wildman–Crippen MR) is 399 cm³/mol. The van der Waals surface area contributed by atoms with Crippen LogP contribution in [0.4, 0.5) is 29.0 Å². The van der Waals surface area contributed by atoms with Gasteiger partial charge in [0.2, 0.25) is 17.7 Å². The van der Waals surface area contributed by atoms with Crippen molar-refractivity contribution in [2.45, 2.75) is 59.1 Å². The molecule has 0 spiro atoms. The predicted octanol–water partition coefficient (Wildman–Crippen LogP) is 16.1. The maximum absolute atomic E-state index is 12.6. The molecule has 526 valence electrons. The van der Waals surface area contributed by atoms with E-state index in [-0.39, 0.29) is 81.6 Å². The number of anilines is 5. The molecule has 1 aliphatic rings. The van der Waals surface area contributed by atoms with Gasteiger partial charge < -0.3 is 64.5 Å². The fourth-order valence-electron chi connectivity index (χ4n) is 9.99. The Morgan fingerprint density at radius 1 is 0.775 bits per heavy atom. The van der Waals surface area contributed by atoms with Crippen LogP contribution in [0.5, 0.6) is 34.5 Å². The third-order valence-electron chi connectivity index (χ3n) is 14.9. The molecular formula is C74H72Cl3N13O11S. The maximum atomic E-state index is 12.6.